The number of likely N-dealkylation sites (tertiary alicyclic amines) is 1. The molecule has 2 aromatic carbocycles. The molecule has 0 saturated carbocycles. The van der Waals surface area contributed by atoms with Crippen LogP contribution in [0.5, 0.6) is 5.88 Å². The fraction of sp³-hybridized carbons (Fsp3) is 0.250. The van der Waals surface area contributed by atoms with Gasteiger partial charge in [0, 0.05) is 19.6 Å². The third kappa shape index (κ3) is 3.99. The summed E-state index contributed by atoms with van der Waals surface area (Å²) in [5.74, 6) is -0.164. The molecule has 1 aromatic heterocycles. The molecule has 0 atom stereocenters. The second-order valence-corrected chi connectivity index (χ2v) is 8.39. The number of H-pyrrole nitrogens is 1. The quantitative estimate of drug-likeness (QED) is 0.393. The van der Waals surface area contributed by atoms with Gasteiger partial charge in [-0.05, 0) is 36.1 Å². The molecule has 0 unspecified atom stereocenters. The Hall–Kier alpha value is -4.18. The van der Waals surface area contributed by atoms with Gasteiger partial charge in [-0.15, -0.1) is 0 Å². The molecule has 10 nitrogen and oxygen atoms in total. The molecule has 3 amide bonds. The molecule has 0 aliphatic carbocycles. The molecule has 2 saturated heterocycles. The highest BCUT2D eigenvalue weighted by atomic mass is 16.7. The minimum Gasteiger partial charge on any atom is -0.449 e. The molecule has 5 rings (SSSR count). The highest BCUT2D eigenvalue weighted by Gasteiger charge is 2.52. The van der Waals surface area contributed by atoms with E-state index in [-0.39, 0.29) is 11.8 Å². The van der Waals surface area contributed by atoms with Gasteiger partial charge in [0.2, 0.25) is 5.88 Å². The summed E-state index contributed by atoms with van der Waals surface area (Å²) in [6, 6.07) is 16.8. The number of carbonyl (C=O) groups is 3. The highest BCUT2D eigenvalue weighted by molar-refractivity contribution is 6.23. The van der Waals surface area contributed by atoms with Gasteiger partial charge < -0.3 is 20.1 Å². The zero-order valence-electron chi connectivity index (χ0n) is 18.2. The van der Waals surface area contributed by atoms with Crippen LogP contribution in [0.25, 0.3) is 11.1 Å². The smallest absolute Gasteiger partial charge is 0.449 e. The Balaban J connectivity index is 1.26. The first kappa shape index (κ1) is 21.7. The molecule has 0 radical (unpaired) electrons. The first-order chi connectivity index (χ1) is 16.4. The SMILES string of the molecule is O=C(O)Oc1[nH]cnc1CN1CCC2(CC1)NC(=O)N(c1ccc(-c3ccccc3)cc1)C2=O. The Morgan fingerprint density at radius 1 is 1.03 bits per heavy atom. The third-order valence-corrected chi connectivity index (χ3v) is 6.34. The first-order valence-corrected chi connectivity index (χ1v) is 10.9. The van der Waals surface area contributed by atoms with Gasteiger partial charge in [0.15, 0.2) is 0 Å². The Morgan fingerprint density at radius 3 is 2.38 bits per heavy atom. The lowest BCUT2D eigenvalue weighted by Gasteiger charge is -2.37. The lowest BCUT2D eigenvalue weighted by Crippen LogP contribution is -2.54. The summed E-state index contributed by atoms with van der Waals surface area (Å²) in [6.07, 6.45) is 0.839. The van der Waals surface area contributed by atoms with Crippen molar-refractivity contribution in [2.45, 2.75) is 24.9 Å². The van der Waals surface area contributed by atoms with Gasteiger partial charge in [0.1, 0.15) is 11.2 Å². The van der Waals surface area contributed by atoms with E-state index < -0.39 is 17.7 Å². The number of ether oxygens (including phenoxy) is 1. The van der Waals surface area contributed by atoms with E-state index in [1.807, 2.05) is 47.4 Å². The van der Waals surface area contributed by atoms with Crippen molar-refractivity contribution in [1.82, 2.24) is 20.2 Å². The third-order valence-electron chi connectivity index (χ3n) is 6.34. The maximum absolute atomic E-state index is 13.4. The van der Waals surface area contributed by atoms with E-state index in [2.05, 4.69) is 15.3 Å². The van der Waals surface area contributed by atoms with Crippen LogP contribution in [0.4, 0.5) is 15.3 Å². The van der Waals surface area contributed by atoms with Gasteiger partial charge in [0.25, 0.3) is 5.91 Å². The average molecular weight is 461 g/mol. The van der Waals surface area contributed by atoms with E-state index in [0.717, 1.165) is 11.1 Å². The van der Waals surface area contributed by atoms with E-state index in [1.165, 1.54) is 11.2 Å². The molecular formula is C24H23N5O5. The molecular weight excluding hydrogens is 438 g/mol. The number of hydrogen-bond donors (Lipinski definition) is 3. The lowest BCUT2D eigenvalue weighted by atomic mass is 9.87. The average Bonchev–Trinajstić information content (AvgIpc) is 3.36. The summed E-state index contributed by atoms with van der Waals surface area (Å²) in [5, 5.41) is 11.8. The number of aromatic nitrogens is 2. The number of urea groups is 1. The van der Waals surface area contributed by atoms with Crippen LogP contribution in [-0.4, -0.2) is 56.7 Å². The van der Waals surface area contributed by atoms with Crippen LogP contribution in [0.15, 0.2) is 60.9 Å². The summed E-state index contributed by atoms with van der Waals surface area (Å²) in [4.78, 5) is 47.0. The van der Waals surface area contributed by atoms with Crippen molar-refractivity contribution < 1.29 is 24.2 Å². The number of nitrogens with one attached hydrogen (secondary N) is 2. The van der Waals surface area contributed by atoms with E-state index in [1.54, 1.807) is 12.1 Å². The monoisotopic (exact) mass is 461 g/mol. The molecule has 2 aliphatic rings. The zero-order chi connectivity index (χ0) is 23.7. The standard InChI is InChI=1S/C24H23N5O5/c30-21-24(10-12-28(13-11-24)14-19-20(26-15-25-19)34-23(32)33)27-22(31)29(21)18-8-6-17(7-9-18)16-4-2-1-3-5-16/h1-9,15H,10-14H2,(H,25,26)(H,27,31)(H,32,33). The van der Waals surface area contributed by atoms with Crippen LogP contribution in [0.1, 0.15) is 18.5 Å². The Morgan fingerprint density at radius 2 is 1.71 bits per heavy atom. The van der Waals surface area contributed by atoms with Crippen LogP contribution in [0, 0.1) is 0 Å². The van der Waals surface area contributed by atoms with Gasteiger partial charge in [-0.25, -0.2) is 19.5 Å². The summed E-state index contributed by atoms with van der Waals surface area (Å²) in [5.41, 5.74) is 2.12. The zero-order valence-corrected chi connectivity index (χ0v) is 18.2. The number of imide groups is 1. The predicted octanol–water partition coefficient (Wildman–Crippen LogP) is 3.22. The lowest BCUT2D eigenvalue weighted by molar-refractivity contribution is -0.123. The molecule has 0 bridgehead atoms. The summed E-state index contributed by atoms with van der Waals surface area (Å²) in [7, 11) is 0. The summed E-state index contributed by atoms with van der Waals surface area (Å²) < 4.78 is 4.71. The second kappa shape index (κ2) is 8.64. The van der Waals surface area contributed by atoms with Crippen LogP contribution >= 0.6 is 0 Å². The van der Waals surface area contributed by atoms with E-state index in [4.69, 9.17) is 9.84 Å². The van der Waals surface area contributed by atoms with Crippen molar-refractivity contribution in [3.63, 3.8) is 0 Å². The first-order valence-electron chi connectivity index (χ1n) is 10.9. The predicted molar refractivity (Wildman–Crippen MR) is 122 cm³/mol. The summed E-state index contributed by atoms with van der Waals surface area (Å²) in [6.45, 7) is 1.44. The number of hydrogen-bond acceptors (Lipinski definition) is 6. The fourth-order valence-electron chi connectivity index (χ4n) is 4.53. The Labute approximate surface area is 195 Å². The summed E-state index contributed by atoms with van der Waals surface area (Å²) >= 11 is 0. The topological polar surface area (TPSA) is 128 Å². The van der Waals surface area contributed by atoms with E-state index >= 15 is 0 Å². The van der Waals surface area contributed by atoms with Crippen molar-refractivity contribution in [3.8, 4) is 17.0 Å². The van der Waals surface area contributed by atoms with E-state index in [0.29, 0.717) is 43.9 Å². The molecule has 174 valence electrons. The van der Waals surface area contributed by atoms with Crippen molar-refractivity contribution in [3.05, 3.63) is 66.6 Å². The largest absolute Gasteiger partial charge is 0.512 e. The van der Waals surface area contributed by atoms with Gasteiger partial charge in [-0.3, -0.25) is 9.69 Å². The van der Waals surface area contributed by atoms with Crippen LogP contribution in [0.3, 0.4) is 0 Å². The van der Waals surface area contributed by atoms with Gasteiger partial charge in [0.05, 0.1) is 12.0 Å². The number of benzene rings is 2. The number of amides is 3. The van der Waals surface area contributed by atoms with Crippen molar-refractivity contribution >= 4 is 23.8 Å². The van der Waals surface area contributed by atoms with Gasteiger partial charge in [-0.2, -0.15) is 0 Å². The Kier molecular flexibility index (Phi) is 5.50. The number of nitrogens with zero attached hydrogens (tertiary/aromatic N) is 3. The minimum atomic E-state index is -1.42. The highest BCUT2D eigenvalue weighted by Crippen LogP contribution is 2.34. The molecule has 34 heavy (non-hydrogen) atoms. The second-order valence-electron chi connectivity index (χ2n) is 8.39. The van der Waals surface area contributed by atoms with Crippen LogP contribution < -0.4 is 15.0 Å². The van der Waals surface area contributed by atoms with Crippen molar-refractivity contribution in [1.29, 1.82) is 0 Å². The molecule has 3 heterocycles. The van der Waals surface area contributed by atoms with Crippen molar-refractivity contribution in [2.24, 2.45) is 0 Å². The molecule has 2 aliphatic heterocycles. The normalized spacial score (nSPS) is 17.7. The number of piperidine rings is 1. The minimum absolute atomic E-state index is 0.0863. The van der Waals surface area contributed by atoms with Crippen LogP contribution in [-0.2, 0) is 11.3 Å². The van der Waals surface area contributed by atoms with E-state index in [9.17, 15) is 14.4 Å². The number of carbonyl (C=O) groups excluding carboxylic acids is 2. The molecule has 10 heteroatoms. The van der Waals surface area contributed by atoms with Crippen LogP contribution in [0.2, 0.25) is 0 Å². The maximum Gasteiger partial charge on any atom is 0.512 e. The van der Waals surface area contributed by atoms with Gasteiger partial charge in [-0.1, -0.05) is 42.5 Å². The number of anilines is 1. The molecule has 1 spiro atoms. The molecule has 3 N–H and O–H groups in total. The molecule has 3 aromatic rings. The van der Waals surface area contributed by atoms with Crippen molar-refractivity contribution in [2.75, 3.05) is 18.0 Å². The van der Waals surface area contributed by atoms with Gasteiger partial charge >= 0.3 is 12.2 Å². The Bertz CT molecular complexity index is 1220. The number of rotatable bonds is 5. The number of imidazole rings is 1. The maximum atomic E-state index is 13.4. The number of aromatic amines is 1. The fourth-order valence-corrected chi connectivity index (χ4v) is 4.53. The molecule has 2 fully saturated rings. The number of carboxylic acid groups (broad SMARTS) is 1.